The zero-order valence-electron chi connectivity index (χ0n) is 11.9. The summed E-state index contributed by atoms with van der Waals surface area (Å²) < 4.78 is 0. The van der Waals surface area contributed by atoms with Crippen molar-refractivity contribution in [3.05, 3.63) is 16.4 Å². The molecule has 1 rings (SSSR count). The molecular formula is C12H15N7O2. The minimum Gasteiger partial charge on any atom is -0.357 e. The van der Waals surface area contributed by atoms with E-state index < -0.39 is 4.92 Å². The van der Waals surface area contributed by atoms with E-state index >= 15 is 0 Å². The Morgan fingerprint density at radius 3 is 2.14 bits per heavy atom. The molecule has 110 valence electrons. The van der Waals surface area contributed by atoms with Crippen LogP contribution >= 0.6 is 0 Å². The number of nitro groups is 1. The first kappa shape index (κ1) is 16.1. The van der Waals surface area contributed by atoms with Gasteiger partial charge in [0, 0.05) is 27.2 Å². The summed E-state index contributed by atoms with van der Waals surface area (Å²) in [5.41, 5.74) is -0.224. The van der Waals surface area contributed by atoms with Crippen molar-refractivity contribution in [3.63, 3.8) is 0 Å². The Morgan fingerprint density at radius 1 is 1.19 bits per heavy atom. The van der Waals surface area contributed by atoms with E-state index in [1.165, 1.54) is 11.2 Å². The van der Waals surface area contributed by atoms with Gasteiger partial charge in [-0.25, -0.2) is 9.97 Å². The molecule has 9 heteroatoms. The van der Waals surface area contributed by atoms with E-state index in [4.69, 9.17) is 10.5 Å². The van der Waals surface area contributed by atoms with Gasteiger partial charge < -0.3 is 9.80 Å². The van der Waals surface area contributed by atoms with Gasteiger partial charge >= 0.3 is 5.69 Å². The molecule has 0 unspecified atom stereocenters. The van der Waals surface area contributed by atoms with Crippen molar-refractivity contribution < 1.29 is 4.92 Å². The lowest BCUT2D eigenvalue weighted by Gasteiger charge is -2.22. The highest BCUT2D eigenvalue weighted by molar-refractivity contribution is 5.70. The zero-order valence-corrected chi connectivity index (χ0v) is 11.9. The van der Waals surface area contributed by atoms with Crippen LogP contribution in [0.2, 0.25) is 0 Å². The standard InChI is InChI=1S/C12H15N7O2/c1-17(2)11-10(19(20)21)12(16-9-15-11)18(7-3-5-13)8-4-6-14/h9H,3-4,7-8H2,1-2H3. The van der Waals surface area contributed by atoms with Gasteiger partial charge in [-0.2, -0.15) is 10.5 Å². The summed E-state index contributed by atoms with van der Waals surface area (Å²) in [6.45, 7) is 0.534. The summed E-state index contributed by atoms with van der Waals surface area (Å²) in [7, 11) is 3.29. The fourth-order valence-corrected chi connectivity index (χ4v) is 1.78. The van der Waals surface area contributed by atoms with E-state index in [0.717, 1.165) is 0 Å². The Bertz CT molecular complexity index is 570. The average molecular weight is 289 g/mol. The molecule has 0 aromatic carbocycles. The first-order chi connectivity index (χ1) is 10.0. The van der Waals surface area contributed by atoms with Crippen LogP contribution in [0.4, 0.5) is 17.3 Å². The van der Waals surface area contributed by atoms with Gasteiger partial charge in [0.25, 0.3) is 0 Å². The van der Waals surface area contributed by atoms with Crippen LogP contribution in [-0.4, -0.2) is 42.1 Å². The van der Waals surface area contributed by atoms with Crippen molar-refractivity contribution in [2.75, 3.05) is 37.0 Å². The van der Waals surface area contributed by atoms with E-state index in [-0.39, 0.29) is 43.3 Å². The van der Waals surface area contributed by atoms with Crippen molar-refractivity contribution in [2.45, 2.75) is 12.8 Å². The summed E-state index contributed by atoms with van der Waals surface area (Å²) >= 11 is 0. The molecule has 21 heavy (non-hydrogen) atoms. The molecule has 0 bridgehead atoms. The van der Waals surface area contributed by atoms with Crippen molar-refractivity contribution >= 4 is 17.3 Å². The number of nitriles is 2. The molecule has 0 aliphatic carbocycles. The third-order valence-electron chi connectivity index (χ3n) is 2.68. The van der Waals surface area contributed by atoms with Crippen LogP contribution in [0.5, 0.6) is 0 Å². The minimum atomic E-state index is -0.545. The number of anilines is 2. The quantitative estimate of drug-likeness (QED) is 0.539. The summed E-state index contributed by atoms with van der Waals surface area (Å²) in [4.78, 5) is 21.8. The number of hydrogen-bond acceptors (Lipinski definition) is 8. The molecule has 0 fully saturated rings. The normalized spacial score (nSPS) is 9.52. The maximum atomic E-state index is 11.3. The summed E-state index contributed by atoms with van der Waals surface area (Å²) in [6.07, 6.45) is 1.61. The number of hydrogen-bond donors (Lipinski definition) is 0. The third kappa shape index (κ3) is 4.01. The maximum Gasteiger partial charge on any atom is 0.353 e. The fourth-order valence-electron chi connectivity index (χ4n) is 1.78. The molecule has 0 saturated carbocycles. The second-order valence-corrected chi connectivity index (χ2v) is 4.32. The highest BCUT2D eigenvalue weighted by Crippen LogP contribution is 2.33. The van der Waals surface area contributed by atoms with Crippen LogP contribution in [0.1, 0.15) is 12.8 Å². The molecule has 0 N–H and O–H groups in total. The van der Waals surface area contributed by atoms with Crippen molar-refractivity contribution in [3.8, 4) is 12.1 Å². The predicted molar refractivity (Wildman–Crippen MR) is 75.7 cm³/mol. The van der Waals surface area contributed by atoms with E-state index in [2.05, 4.69) is 9.97 Å². The van der Waals surface area contributed by atoms with Gasteiger partial charge in [-0.15, -0.1) is 0 Å². The van der Waals surface area contributed by atoms with Gasteiger partial charge in [-0.3, -0.25) is 10.1 Å². The topological polar surface area (TPSA) is 123 Å². The SMILES string of the molecule is CN(C)c1ncnc(N(CCC#N)CCC#N)c1[N+](=O)[O-]. The molecule has 1 heterocycles. The second kappa shape index (κ2) is 7.60. The molecule has 0 radical (unpaired) electrons. The summed E-state index contributed by atoms with van der Waals surface area (Å²) in [5.74, 6) is 0.313. The summed E-state index contributed by atoms with van der Waals surface area (Å²) in [5, 5.41) is 28.7. The first-order valence-corrected chi connectivity index (χ1v) is 6.18. The van der Waals surface area contributed by atoms with E-state index in [1.807, 2.05) is 12.1 Å². The second-order valence-electron chi connectivity index (χ2n) is 4.32. The molecule has 0 spiro atoms. The molecule has 0 amide bonds. The molecule has 1 aromatic heterocycles. The van der Waals surface area contributed by atoms with E-state index in [0.29, 0.717) is 0 Å². The molecule has 0 aliphatic rings. The monoisotopic (exact) mass is 289 g/mol. The highest BCUT2D eigenvalue weighted by Gasteiger charge is 2.27. The summed E-state index contributed by atoms with van der Waals surface area (Å²) in [6, 6.07) is 3.96. The molecule has 0 saturated heterocycles. The zero-order chi connectivity index (χ0) is 15.8. The lowest BCUT2D eigenvalue weighted by atomic mass is 10.3. The molecular weight excluding hydrogens is 274 g/mol. The lowest BCUT2D eigenvalue weighted by Crippen LogP contribution is -2.28. The van der Waals surface area contributed by atoms with Gasteiger partial charge in [-0.05, 0) is 0 Å². The number of rotatable bonds is 7. The van der Waals surface area contributed by atoms with Crippen LogP contribution in [0.25, 0.3) is 0 Å². The Labute approximate surface area is 122 Å². The largest absolute Gasteiger partial charge is 0.357 e. The van der Waals surface area contributed by atoms with Gasteiger partial charge in [0.2, 0.25) is 11.6 Å². The van der Waals surface area contributed by atoms with Crippen LogP contribution in [-0.2, 0) is 0 Å². The van der Waals surface area contributed by atoms with Gasteiger partial charge in [-0.1, -0.05) is 0 Å². The molecule has 1 aromatic rings. The number of nitrogens with zero attached hydrogens (tertiary/aromatic N) is 7. The van der Waals surface area contributed by atoms with Gasteiger partial charge in [0.1, 0.15) is 6.33 Å². The van der Waals surface area contributed by atoms with Gasteiger partial charge in [0.15, 0.2) is 0 Å². The van der Waals surface area contributed by atoms with Crippen LogP contribution in [0.15, 0.2) is 6.33 Å². The maximum absolute atomic E-state index is 11.3. The predicted octanol–water partition coefficient (Wildman–Crippen LogP) is 1.08. The minimum absolute atomic E-state index is 0.129. The highest BCUT2D eigenvalue weighted by atomic mass is 16.6. The van der Waals surface area contributed by atoms with E-state index in [9.17, 15) is 10.1 Å². The van der Waals surface area contributed by atoms with Crippen LogP contribution in [0.3, 0.4) is 0 Å². The molecule has 0 aliphatic heterocycles. The van der Waals surface area contributed by atoms with Crippen LogP contribution < -0.4 is 9.80 Å². The smallest absolute Gasteiger partial charge is 0.353 e. The Kier molecular flexibility index (Phi) is 5.83. The van der Waals surface area contributed by atoms with Crippen molar-refractivity contribution in [1.82, 2.24) is 9.97 Å². The Morgan fingerprint density at radius 2 is 1.71 bits per heavy atom. The third-order valence-corrected chi connectivity index (χ3v) is 2.68. The van der Waals surface area contributed by atoms with Crippen molar-refractivity contribution in [1.29, 1.82) is 10.5 Å². The van der Waals surface area contributed by atoms with Gasteiger partial charge in [0.05, 0.1) is 29.9 Å². The Hall–Kier alpha value is -2.94. The lowest BCUT2D eigenvalue weighted by molar-refractivity contribution is -0.383. The molecule has 9 nitrogen and oxygen atoms in total. The fraction of sp³-hybridized carbons (Fsp3) is 0.500. The first-order valence-electron chi connectivity index (χ1n) is 6.18. The van der Waals surface area contributed by atoms with E-state index in [1.54, 1.807) is 19.0 Å². The van der Waals surface area contributed by atoms with Crippen molar-refractivity contribution in [2.24, 2.45) is 0 Å². The molecule has 0 atom stereocenters. The number of aromatic nitrogens is 2. The van der Waals surface area contributed by atoms with Crippen LogP contribution in [0, 0.1) is 32.8 Å². The average Bonchev–Trinajstić information content (AvgIpc) is 2.46. The Balaban J connectivity index is 3.29.